The minimum absolute atomic E-state index is 0.0613. The second kappa shape index (κ2) is 6.70. The predicted molar refractivity (Wildman–Crippen MR) is 83.9 cm³/mol. The molecule has 2 rings (SSSR count). The lowest BCUT2D eigenvalue weighted by molar-refractivity contribution is -0.130. The molecule has 0 aromatic carbocycles. The van der Waals surface area contributed by atoms with E-state index in [1.807, 2.05) is 0 Å². The number of carbonyl (C=O) groups is 1. The first kappa shape index (κ1) is 15.5. The molecule has 1 aromatic heterocycles. The fraction of sp³-hybridized carbons (Fsp3) is 0.667. The molecule has 5 heteroatoms. The van der Waals surface area contributed by atoms with Gasteiger partial charge in [0.1, 0.15) is 0 Å². The van der Waals surface area contributed by atoms with Gasteiger partial charge in [0.05, 0.1) is 12.1 Å². The molecule has 1 fully saturated rings. The number of nitrogens with zero attached hydrogens (tertiary/aromatic N) is 1. The molecule has 1 aliphatic heterocycles. The van der Waals surface area contributed by atoms with Crippen LogP contribution >= 0.6 is 11.3 Å². The van der Waals surface area contributed by atoms with Crippen molar-refractivity contribution in [2.24, 2.45) is 5.73 Å². The zero-order valence-electron chi connectivity index (χ0n) is 12.6. The molecule has 3 unspecified atom stereocenters. The van der Waals surface area contributed by atoms with Gasteiger partial charge >= 0.3 is 0 Å². The van der Waals surface area contributed by atoms with Crippen molar-refractivity contribution in [2.75, 3.05) is 13.1 Å². The molecule has 1 saturated heterocycles. The molecule has 0 radical (unpaired) electrons. The number of nitrogens with one attached hydrogen (secondary N) is 1. The number of thiophene rings is 1. The lowest BCUT2D eigenvalue weighted by atomic mass is 9.98. The van der Waals surface area contributed by atoms with Crippen molar-refractivity contribution in [3.8, 4) is 0 Å². The van der Waals surface area contributed by atoms with Gasteiger partial charge in [0.2, 0.25) is 5.91 Å². The first-order valence-corrected chi connectivity index (χ1v) is 8.25. The number of nitrogens with two attached hydrogens (primary N) is 1. The summed E-state index contributed by atoms with van der Waals surface area (Å²) in [4.78, 5) is 17.0. The molecule has 1 aromatic rings. The Kier molecular flexibility index (Phi) is 5.18. The summed E-state index contributed by atoms with van der Waals surface area (Å²) in [6.07, 6.45) is 1.74. The van der Waals surface area contributed by atoms with E-state index in [0.29, 0.717) is 6.54 Å². The first-order chi connectivity index (χ1) is 9.58. The Bertz CT molecular complexity index is 460. The van der Waals surface area contributed by atoms with Gasteiger partial charge in [0.25, 0.3) is 0 Å². The summed E-state index contributed by atoms with van der Waals surface area (Å²) in [6.45, 7) is 7.88. The SMILES string of the molecule is CCC(N)C(c1ccc(C)s1)N1CCNC(=O)C1CC. The fourth-order valence-corrected chi connectivity index (χ4v) is 4.02. The Morgan fingerprint density at radius 3 is 2.80 bits per heavy atom. The molecular formula is C15H25N3OS. The zero-order chi connectivity index (χ0) is 14.7. The number of amides is 1. The molecular weight excluding hydrogens is 270 g/mol. The Morgan fingerprint density at radius 2 is 2.25 bits per heavy atom. The summed E-state index contributed by atoms with van der Waals surface area (Å²) < 4.78 is 0. The molecule has 3 atom stereocenters. The van der Waals surface area contributed by atoms with Crippen molar-refractivity contribution in [3.05, 3.63) is 21.9 Å². The average Bonchev–Trinajstić information content (AvgIpc) is 2.85. The summed E-state index contributed by atoms with van der Waals surface area (Å²) in [5.74, 6) is 0.139. The summed E-state index contributed by atoms with van der Waals surface area (Å²) in [5, 5.41) is 2.96. The maximum absolute atomic E-state index is 12.1. The van der Waals surface area contributed by atoms with Crippen LogP contribution in [0.2, 0.25) is 0 Å². The number of hydrogen-bond donors (Lipinski definition) is 2. The average molecular weight is 295 g/mol. The van der Waals surface area contributed by atoms with Crippen LogP contribution in [-0.2, 0) is 4.79 Å². The summed E-state index contributed by atoms with van der Waals surface area (Å²) in [5.41, 5.74) is 6.39. The van der Waals surface area contributed by atoms with Gasteiger partial charge in [0, 0.05) is 28.9 Å². The predicted octanol–water partition coefficient (Wildman–Crippen LogP) is 2.05. The molecule has 0 aliphatic carbocycles. The van der Waals surface area contributed by atoms with Crippen molar-refractivity contribution >= 4 is 17.2 Å². The second-order valence-electron chi connectivity index (χ2n) is 5.42. The third-order valence-electron chi connectivity index (χ3n) is 4.05. The van der Waals surface area contributed by atoms with Crippen LogP contribution in [0.4, 0.5) is 0 Å². The molecule has 112 valence electrons. The van der Waals surface area contributed by atoms with Crippen LogP contribution in [-0.4, -0.2) is 36.0 Å². The van der Waals surface area contributed by atoms with E-state index in [-0.39, 0.29) is 24.0 Å². The largest absolute Gasteiger partial charge is 0.353 e. The third-order valence-corrected chi connectivity index (χ3v) is 5.12. The van der Waals surface area contributed by atoms with Gasteiger partial charge < -0.3 is 11.1 Å². The van der Waals surface area contributed by atoms with Crippen molar-refractivity contribution < 1.29 is 4.79 Å². The van der Waals surface area contributed by atoms with Crippen LogP contribution in [0.3, 0.4) is 0 Å². The Balaban J connectivity index is 2.32. The number of piperazine rings is 1. The van der Waals surface area contributed by atoms with E-state index in [4.69, 9.17) is 5.73 Å². The number of rotatable bonds is 5. The molecule has 20 heavy (non-hydrogen) atoms. The van der Waals surface area contributed by atoms with E-state index in [9.17, 15) is 4.79 Å². The van der Waals surface area contributed by atoms with Gasteiger partial charge in [0.15, 0.2) is 0 Å². The lowest BCUT2D eigenvalue weighted by Gasteiger charge is -2.42. The molecule has 1 aliphatic rings. The summed E-state index contributed by atoms with van der Waals surface area (Å²) >= 11 is 1.79. The maximum atomic E-state index is 12.1. The summed E-state index contributed by atoms with van der Waals surface area (Å²) in [6, 6.07) is 4.45. The van der Waals surface area contributed by atoms with Gasteiger partial charge in [-0.15, -0.1) is 11.3 Å². The summed E-state index contributed by atoms with van der Waals surface area (Å²) in [7, 11) is 0. The van der Waals surface area contributed by atoms with Gasteiger partial charge in [-0.2, -0.15) is 0 Å². The van der Waals surface area contributed by atoms with Crippen LogP contribution in [0.1, 0.15) is 42.5 Å². The van der Waals surface area contributed by atoms with E-state index >= 15 is 0 Å². The highest BCUT2D eigenvalue weighted by Crippen LogP contribution is 2.33. The van der Waals surface area contributed by atoms with Gasteiger partial charge in [-0.1, -0.05) is 13.8 Å². The van der Waals surface area contributed by atoms with E-state index in [2.05, 4.69) is 43.1 Å². The fourth-order valence-electron chi connectivity index (χ4n) is 2.94. The van der Waals surface area contributed by atoms with Crippen molar-refractivity contribution in [1.29, 1.82) is 0 Å². The van der Waals surface area contributed by atoms with E-state index in [1.54, 1.807) is 11.3 Å². The minimum Gasteiger partial charge on any atom is -0.353 e. The van der Waals surface area contributed by atoms with Crippen LogP contribution < -0.4 is 11.1 Å². The van der Waals surface area contributed by atoms with Crippen molar-refractivity contribution in [3.63, 3.8) is 0 Å². The highest BCUT2D eigenvalue weighted by Gasteiger charge is 2.36. The second-order valence-corrected chi connectivity index (χ2v) is 6.74. The van der Waals surface area contributed by atoms with E-state index in [0.717, 1.165) is 19.4 Å². The third kappa shape index (κ3) is 3.05. The Labute approximate surface area is 125 Å². The van der Waals surface area contributed by atoms with E-state index in [1.165, 1.54) is 9.75 Å². The van der Waals surface area contributed by atoms with Gasteiger partial charge in [-0.05, 0) is 31.9 Å². The van der Waals surface area contributed by atoms with Crippen molar-refractivity contribution in [1.82, 2.24) is 10.2 Å². The minimum atomic E-state index is -0.0613. The van der Waals surface area contributed by atoms with Crippen LogP contribution in [0.25, 0.3) is 0 Å². The van der Waals surface area contributed by atoms with E-state index < -0.39 is 0 Å². The van der Waals surface area contributed by atoms with Crippen LogP contribution in [0.5, 0.6) is 0 Å². The quantitative estimate of drug-likeness (QED) is 0.874. The first-order valence-electron chi connectivity index (χ1n) is 7.43. The standard InChI is InChI=1S/C15H25N3OS/c1-4-11(16)14(13-7-6-10(3)20-13)18-9-8-17-15(19)12(18)5-2/h6-7,11-12,14H,4-5,8-9,16H2,1-3H3,(H,17,19). The van der Waals surface area contributed by atoms with Crippen LogP contribution in [0, 0.1) is 6.92 Å². The molecule has 4 nitrogen and oxygen atoms in total. The smallest absolute Gasteiger partial charge is 0.237 e. The number of hydrogen-bond acceptors (Lipinski definition) is 4. The van der Waals surface area contributed by atoms with Gasteiger partial charge in [-0.25, -0.2) is 0 Å². The monoisotopic (exact) mass is 295 g/mol. The topological polar surface area (TPSA) is 58.4 Å². The molecule has 3 N–H and O–H groups in total. The Hall–Kier alpha value is -0.910. The zero-order valence-corrected chi connectivity index (χ0v) is 13.4. The highest BCUT2D eigenvalue weighted by atomic mass is 32.1. The van der Waals surface area contributed by atoms with Gasteiger partial charge in [-0.3, -0.25) is 9.69 Å². The molecule has 0 spiro atoms. The van der Waals surface area contributed by atoms with Crippen LogP contribution in [0.15, 0.2) is 12.1 Å². The molecule has 2 heterocycles. The maximum Gasteiger partial charge on any atom is 0.237 e. The van der Waals surface area contributed by atoms with Crippen molar-refractivity contribution in [2.45, 2.75) is 51.7 Å². The molecule has 0 bridgehead atoms. The number of carbonyl (C=O) groups excluding carboxylic acids is 1. The highest BCUT2D eigenvalue weighted by molar-refractivity contribution is 7.12. The lowest BCUT2D eigenvalue weighted by Crippen LogP contribution is -2.58. The number of aryl methyl sites for hydroxylation is 1. The normalized spacial score (nSPS) is 23.4. The molecule has 0 saturated carbocycles. The molecule has 1 amide bonds. The Morgan fingerprint density at radius 1 is 1.50 bits per heavy atom.